The number of likely N-dealkylation sites (N-methyl/N-ethyl adjacent to an activating group) is 1. The van der Waals surface area contributed by atoms with Crippen molar-refractivity contribution < 1.29 is 14.3 Å². The first kappa shape index (κ1) is 18.3. The van der Waals surface area contributed by atoms with Crippen molar-refractivity contribution in [1.29, 1.82) is 0 Å². The maximum Gasteiger partial charge on any atom is 0.407 e. The number of ether oxygens (including phenoxy) is 1. The molecular weight excluding hydrogens is 306 g/mol. The summed E-state index contributed by atoms with van der Waals surface area (Å²) in [6.07, 6.45) is 1.60. The first-order chi connectivity index (χ1) is 11.5. The molecule has 2 rings (SSSR count). The summed E-state index contributed by atoms with van der Waals surface area (Å²) in [5.41, 5.74) is 0.978. The molecule has 1 heterocycles. The van der Waals surface area contributed by atoms with E-state index in [1.165, 1.54) is 0 Å². The summed E-state index contributed by atoms with van der Waals surface area (Å²) in [7, 11) is 3.56. The standard InChI is InChI=1S/C18H27N3O3/c1-20(2)17(22)13-21-10-8-15(9-11-21)12-19-18(23)24-14-16-6-4-3-5-7-16/h3-7,15H,8-14H2,1-2H3,(H,19,23). The summed E-state index contributed by atoms with van der Waals surface area (Å²) in [5.74, 6) is 0.580. The van der Waals surface area contributed by atoms with Gasteiger partial charge in [-0.25, -0.2) is 4.79 Å². The predicted octanol–water partition coefficient (Wildman–Crippen LogP) is 1.71. The number of nitrogens with one attached hydrogen (secondary N) is 1. The lowest BCUT2D eigenvalue weighted by atomic mass is 9.97. The van der Waals surface area contributed by atoms with E-state index in [2.05, 4.69) is 10.2 Å². The number of nitrogens with zero attached hydrogens (tertiary/aromatic N) is 2. The maximum absolute atomic E-state index is 11.7. The van der Waals surface area contributed by atoms with Gasteiger partial charge < -0.3 is 15.0 Å². The van der Waals surface area contributed by atoms with Gasteiger partial charge >= 0.3 is 6.09 Å². The number of amides is 2. The van der Waals surface area contributed by atoms with Crippen molar-refractivity contribution >= 4 is 12.0 Å². The number of alkyl carbamates (subject to hydrolysis) is 1. The van der Waals surface area contributed by atoms with Crippen LogP contribution in [0.1, 0.15) is 18.4 Å². The van der Waals surface area contributed by atoms with Crippen LogP contribution in [0.3, 0.4) is 0 Å². The SMILES string of the molecule is CN(C)C(=O)CN1CCC(CNC(=O)OCc2ccccc2)CC1. The Labute approximate surface area is 143 Å². The zero-order chi connectivity index (χ0) is 17.4. The van der Waals surface area contributed by atoms with Gasteiger partial charge in [-0.3, -0.25) is 9.69 Å². The molecule has 1 aromatic carbocycles. The molecule has 0 spiro atoms. The van der Waals surface area contributed by atoms with Crippen molar-refractivity contribution in [3.8, 4) is 0 Å². The third-order valence-corrected chi connectivity index (χ3v) is 4.31. The van der Waals surface area contributed by atoms with Gasteiger partial charge in [-0.2, -0.15) is 0 Å². The number of benzene rings is 1. The minimum absolute atomic E-state index is 0.135. The number of piperidine rings is 1. The van der Waals surface area contributed by atoms with E-state index in [1.54, 1.807) is 19.0 Å². The van der Waals surface area contributed by atoms with Gasteiger partial charge in [0.1, 0.15) is 6.61 Å². The molecule has 2 amide bonds. The van der Waals surface area contributed by atoms with Gasteiger partial charge in [-0.05, 0) is 37.4 Å². The highest BCUT2D eigenvalue weighted by atomic mass is 16.5. The minimum Gasteiger partial charge on any atom is -0.445 e. The first-order valence-corrected chi connectivity index (χ1v) is 8.41. The van der Waals surface area contributed by atoms with Crippen LogP contribution in [-0.4, -0.2) is 62.1 Å². The molecule has 1 saturated heterocycles. The molecule has 0 bridgehead atoms. The Bertz CT molecular complexity index is 526. The summed E-state index contributed by atoms with van der Waals surface area (Å²) in [5, 5.41) is 2.84. The lowest BCUT2D eigenvalue weighted by molar-refractivity contribution is -0.130. The van der Waals surface area contributed by atoms with Crippen LogP contribution in [0.5, 0.6) is 0 Å². The second-order valence-corrected chi connectivity index (χ2v) is 6.45. The van der Waals surface area contributed by atoms with Gasteiger partial charge in [0.05, 0.1) is 6.54 Å². The highest BCUT2D eigenvalue weighted by Gasteiger charge is 2.21. The molecule has 132 valence electrons. The van der Waals surface area contributed by atoms with Gasteiger partial charge in [-0.1, -0.05) is 30.3 Å². The fraction of sp³-hybridized carbons (Fsp3) is 0.556. The van der Waals surface area contributed by atoms with E-state index in [-0.39, 0.29) is 18.6 Å². The Balaban J connectivity index is 1.60. The maximum atomic E-state index is 11.7. The Morgan fingerprint density at radius 1 is 1.21 bits per heavy atom. The molecular formula is C18H27N3O3. The number of rotatable bonds is 6. The topological polar surface area (TPSA) is 61.9 Å². The quantitative estimate of drug-likeness (QED) is 0.861. The molecule has 0 unspecified atom stereocenters. The minimum atomic E-state index is -0.371. The van der Waals surface area contributed by atoms with E-state index in [0.29, 0.717) is 19.0 Å². The van der Waals surface area contributed by atoms with Gasteiger partial charge in [-0.15, -0.1) is 0 Å². The molecule has 1 aliphatic heterocycles. The van der Waals surface area contributed by atoms with Gasteiger partial charge in [0.15, 0.2) is 0 Å². The normalized spacial score (nSPS) is 15.8. The van der Waals surface area contributed by atoms with Crippen molar-refractivity contribution in [2.24, 2.45) is 5.92 Å². The monoisotopic (exact) mass is 333 g/mol. The van der Waals surface area contributed by atoms with Crippen molar-refractivity contribution in [2.45, 2.75) is 19.4 Å². The zero-order valence-electron chi connectivity index (χ0n) is 14.5. The van der Waals surface area contributed by atoms with Crippen LogP contribution in [-0.2, 0) is 16.1 Å². The van der Waals surface area contributed by atoms with Crippen LogP contribution >= 0.6 is 0 Å². The summed E-state index contributed by atoms with van der Waals surface area (Å²) in [4.78, 5) is 27.3. The molecule has 6 nitrogen and oxygen atoms in total. The van der Waals surface area contributed by atoms with Crippen LogP contribution in [0.25, 0.3) is 0 Å². The predicted molar refractivity (Wildman–Crippen MR) is 92.5 cm³/mol. The van der Waals surface area contributed by atoms with E-state index in [0.717, 1.165) is 31.5 Å². The second kappa shape index (κ2) is 9.27. The van der Waals surface area contributed by atoms with E-state index in [9.17, 15) is 9.59 Å². The van der Waals surface area contributed by atoms with E-state index in [4.69, 9.17) is 4.74 Å². The average molecular weight is 333 g/mol. The fourth-order valence-corrected chi connectivity index (χ4v) is 2.68. The molecule has 0 radical (unpaired) electrons. The third-order valence-electron chi connectivity index (χ3n) is 4.31. The molecule has 1 N–H and O–H groups in total. The number of carbonyl (C=O) groups is 2. The number of hydrogen-bond acceptors (Lipinski definition) is 4. The van der Waals surface area contributed by atoms with Crippen LogP contribution in [0.2, 0.25) is 0 Å². The Morgan fingerprint density at radius 3 is 2.50 bits per heavy atom. The molecule has 1 aromatic rings. The Kier molecular flexibility index (Phi) is 7.06. The molecule has 0 atom stereocenters. The fourth-order valence-electron chi connectivity index (χ4n) is 2.68. The number of carbonyl (C=O) groups excluding carboxylic acids is 2. The summed E-state index contributed by atoms with van der Waals surface area (Å²) < 4.78 is 5.21. The molecule has 0 aliphatic carbocycles. The smallest absolute Gasteiger partial charge is 0.407 e. The van der Waals surface area contributed by atoms with Crippen molar-refractivity contribution in [3.63, 3.8) is 0 Å². The molecule has 1 fully saturated rings. The second-order valence-electron chi connectivity index (χ2n) is 6.45. The number of likely N-dealkylation sites (tertiary alicyclic amines) is 1. The highest BCUT2D eigenvalue weighted by molar-refractivity contribution is 5.77. The van der Waals surface area contributed by atoms with E-state index < -0.39 is 0 Å². The van der Waals surface area contributed by atoms with Gasteiger partial charge in [0.2, 0.25) is 5.91 Å². The van der Waals surface area contributed by atoms with Crippen molar-refractivity contribution in [3.05, 3.63) is 35.9 Å². The molecule has 1 aliphatic rings. The Morgan fingerprint density at radius 2 is 1.88 bits per heavy atom. The van der Waals surface area contributed by atoms with Crippen molar-refractivity contribution in [1.82, 2.24) is 15.1 Å². The van der Waals surface area contributed by atoms with E-state index in [1.807, 2.05) is 30.3 Å². The van der Waals surface area contributed by atoms with E-state index >= 15 is 0 Å². The van der Waals surface area contributed by atoms with Crippen molar-refractivity contribution in [2.75, 3.05) is 40.3 Å². The largest absolute Gasteiger partial charge is 0.445 e. The zero-order valence-corrected chi connectivity index (χ0v) is 14.5. The van der Waals surface area contributed by atoms with Crippen LogP contribution in [0.15, 0.2) is 30.3 Å². The molecule has 24 heavy (non-hydrogen) atoms. The third kappa shape index (κ3) is 6.20. The highest BCUT2D eigenvalue weighted by Crippen LogP contribution is 2.16. The first-order valence-electron chi connectivity index (χ1n) is 8.41. The summed E-state index contributed by atoms with van der Waals surface area (Å²) in [6, 6.07) is 9.63. The van der Waals surface area contributed by atoms with Crippen LogP contribution in [0, 0.1) is 5.92 Å². The molecule has 0 aromatic heterocycles. The lowest BCUT2D eigenvalue weighted by Crippen LogP contribution is -2.43. The molecule has 0 saturated carbocycles. The van der Waals surface area contributed by atoms with Crippen LogP contribution in [0.4, 0.5) is 4.79 Å². The average Bonchev–Trinajstić information content (AvgIpc) is 2.60. The van der Waals surface area contributed by atoms with Gasteiger partial charge in [0, 0.05) is 20.6 Å². The Hall–Kier alpha value is -2.08. The van der Waals surface area contributed by atoms with Crippen LogP contribution < -0.4 is 5.32 Å². The van der Waals surface area contributed by atoms with Gasteiger partial charge in [0.25, 0.3) is 0 Å². The number of hydrogen-bond donors (Lipinski definition) is 1. The lowest BCUT2D eigenvalue weighted by Gasteiger charge is -2.32. The summed E-state index contributed by atoms with van der Waals surface area (Å²) >= 11 is 0. The molecule has 6 heteroatoms. The summed E-state index contributed by atoms with van der Waals surface area (Å²) in [6.45, 7) is 3.18.